The molecule has 0 saturated carbocycles. The minimum Gasteiger partial charge on any atom is -0.481 e. The number of carbonyl (C=O) groups is 2. The van der Waals surface area contributed by atoms with Crippen LogP contribution in [-0.4, -0.2) is 36.6 Å². The molecule has 0 aliphatic carbocycles. The molecule has 1 aromatic carbocycles. The van der Waals surface area contributed by atoms with Crippen LogP contribution in [0.1, 0.15) is 25.3 Å². The van der Waals surface area contributed by atoms with Crippen molar-refractivity contribution in [3.8, 4) is 0 Å². The number of sulfonamides is 1. The quantitative estimate of drug-likeness (QED) is 0.654. The van der Waals surface area contributed by atoms with Gasteiger partial charge in [0.2, 0.25) is 10.0 Å². The molecule has 1 atom stereocenters. The molecule has 0 fully saturated rings. The molecule has 3 N–H and O–H groups in total. The third kappa shape index (κ3) is 5.16. The predicted molar refractivity (Wildman–Crippen MR) is 74.4 cm³/mol. The molecule has 0 saturated heterocycles. The fourth-order valence-corrected chi connectivity index (χ4v) is 2.88. The topological polar surface area (TPSA) is 121 Å². The number of rotatable bonds is 8. The van der Waals surface area contributed by atoms with Crippen LogP contribution in [0.15, 0.2) is 29.2 Å². The van der Waals surface area contributed by atoms with Gasteiger partial charge in [-0.2, -0.15) is 4.72 Å². The summed E-state index contributed by atoms with van der Waals surface area (Å²) in [7, 11) is -4.00. The molecular formula is C13H17NO6S. The summed E-state index contributed by atoms with van der Waals surface area (Å²) in [6.07, 6.45) is -0.00464. The third-order valence-electron chi connectivity index (χ3n) is 2.88. The van der Waals surface area contributed by atoms with Crippen LogP contribution in [0.4, 0.5) is 0 Å². The van der Waals surface area contributed by atoms with Crippen molar-refractivity contribution >= 4 is 22.0 Å². The highest BCUT2D eigenvalue weighted by atomic mass is 32.2. The van der Waals surface area contributed by atoms with Gasteiger partial charge in [-0.15, -0.1) is 0 Å². The van der Waals surface area contributed by atoms with Crippen molar-refractivity contribution in [1.82, 2.24) is 4.72 Å². The first-order valence-electron chi connectivity index (χ1n) is 6.32. The first-order valence-corrected chi connectivity index (χ1v) is 7.80. The van der Waals surface area contributed by atoms with E-state index in [2.05, 4.69) is 0 Å². The second-order valence-corrected chi connectivity index (χ2v) is 6.16. The van der Waals surface area contributed by atoms with E-state index in [1.54, 1.807) is 12.1 Å². The molecule has 7 nitrogen and oxygen atoms in total. The smallest absolute Gasteiger partial charge is 0.321 e. The minimum atomic E-state index is -4.00. The minimum absolute atomic E-state index is 0.0544. The Hall–Kier alpha value is -1.93. The zero-order valence-electron chi connectivity index (χ0n) is 11.4. The summed E-state index contributed by atoms with van der Waals surface area (Å²) < 4.78 is 26.2. The van der Waals surface area contributed by atoms with Gasteiger partial charge >= 0.3 is 11.9 Å². The SMILES string of the molecule is CCc1ccc(S(=O)(=O)NC(CCC(=O)O)C(=O)O)cc1. The largest absolute Gasteiger partial charge is 0.481 e. The first-order chi connectivity index (χ1) is 9.76. The summed E-state index contributed by atoms with van der Waals surface area (Å²) in [5.41, 5.74) is 0.953. The number of nitrogens with one attached hydrogen (secondary N) is 1. The van der Waals surface area contributed by atoms with Crippen LogP contribution in [0, 0.1) is 0 Å². The number of aryl methyl sites for hydroxylation is 1. The number of hydrogen-bond acceptors (Lipinski definition) is 4. The van der Waals surface area contributed by atoms with Gasteiger partial charge in [0.05, 0.1) is 4.90 Å². The number of hydrogen-bond donors (Lipinski definition) is 3. The van der Waals surface area contributed by atoms with Crippen molar-refractivity contribution in [2.45, 2.75) is 37.1 Å². The number of benzene rings is 1. The van der Waals surface area contributed by atoms with E-state index in [0.717, 1.165) is 12.0 Å². The molecule has 0 amide bonds. The second kappa shape index (κ2) is 7.19. The van der Waals surface area contributed by atoms with Gasteiger partial charge in [-0.1, -0.05) is 19.1 Å². The zero-order chi connectivity index (χ0) is 16.0. The van der Waals surface area contributed by atoms with Gasteiger partial charge in [0.25, 0.3) is 0 Å². The highest BCUT2D eigenvalue weighted by molar-refractivity contribution is 7.89. The molecule has 0 spiro atoms. The van der Waals surface area contributed by atoms with Crippen molar-refractivity contribution in [3.05, 3.63) is 29.8 Å². The van der Waals surface area contributed by atoms with Gasteiger partial charge < -0.3 is 10.2 Å². The zero-order valence-corrected chi connectivity index (χ0v) is 12.3. The van der Waals surface area contributed by atoms with Gasteiger partial charge in [-0.3, -0.25) is 9.59 Å². The van der Waals surface area contributed by atoms with Crippen LogP contribution < -0.4 is 4.72 Å². The standard InChI is InChI=1S/C13H17NO6S/c1-2-9-3-5-10(6-4-9)21(19,20)14-11(13(17)18)7-8-12(15)16/h3-6,11,14H,2,7-8H2,1H3,(H,15,16)(H,17,18). The maximum absolute atomic E-state index is 12.1. The molecule has 1 rings (SSSR count). The van der Waals surface area contributed by atoms with Crippen LogP contribution in [0.5, 0.6) is 0 Å². The Bertz CT molecular complexity index is 608. The number of aliphatic carboxylic acids is 2. The fourth-order valence-electron chi connectivity index (χ4n) is 1.66. The van der Waals surface area contributed by atoms with Gasteiger partial charge in [-0.05, 0) is 30.5 Å². The van der Waals surface area contributed by atoms with E-state index in [1.807, 2.05) is 11.6 Å². The Kier molecular flexibility index (Phi) is 5.86. The molecule has 8 heteroatoms. The molecule has 0 aliphatic rings. The average molecular weight is 315 g/mol. The highest BCUT2D eigenvalue weighted by Gasteiger charge is 2.25. The summed E-state index contributed by atoms with van der Waals surface area (Å²) >= 11 is 0. The summed E-state index contributed by atoms with van der Waals surface area (Å²) in [5, 5.41) is 17.5. The number of carboxylic acid groups (broad SMARTS) is 2. The van der Waals surface area contributed by atoms with Crippen molar-refractivity contribution in [1.29, 1.82) is 0 Å². The highest BCUT2D eigenvalue weighted by Crippen LogP contribution is 2.12. The summed E-state index contributed by atoms with van der Waals surface area (Å²) in [6, 6.07) is 4.58. The third-order valence-corrected chi connectivity index (χ3v) is 4.37. The van der Waals surface area contributed by atoms with Gasteiger partial charge in [0, 0.05) is 6.42 Å². The lowest BCUT2D eigenvalue weighted by molar-refractivity contribution is -0.140. The number of carboxylic acids is 2. The summed E-state index contributed by atoms with van der Waals surface area (Å²) in [6.45, 7) is 1.92. The Morgan fingerprint density at radius 2 is 1.76 bits per heavy atom. The van der Waals surface area contributed by atoms with Crippen LogP contribution in [0.2, 0.25) is 0 Å². The molecular weight excluding hydrogens is 298 g/mol. The first kappa shape index (κ1) is 17.1. The molecule has 0 heterocycles. The Morgan fingerprint density at radius 1 is 1.19 bits per heavy atom. The molecule has 1 aromatic rings. The van der Waals surface area contributed by atoms with Gasteiger partial charge in [0.1, 0.15) is 6.04 Å². The van der Waals surface area contributed by atoms with Crippen LogP contribution >= 0.6 is 0 Å². The van der Waals surface area contributed by atoms with Crippen molar-refractivity contribution in [3.63, 3.8) is 0 Å². The molecule has 1 unspecified atom stereocenters. The Morgan fingerprint density at radius 3 is 2.19 bits per heavy atom. The van der Waals surface area contributed by atoms with E-state index in [9.17, 15) is 18.0 Å². The van der Waals surface area contributed by atoms with Crippen molar-refractivity contribution < 1.29 is 28.2 Å². The van der Waals surface area contributed by atoms with Gasteiger partial charge in [-0.25, -0.2) is 8.42 Å². The normalized spacial score (nSPS) is 12.8. The lowest BCUT2D eigenvalue weighted by atomic mass is 10.2. The molecule has 0 bridgehead atoms. The maximum Gasteiger partial charge on any atom is 0.321 e. The van der Waals surface area contributed by atoms with Crippen LogP contribution in [0.3, 0.4) is 0 Å². The van der Waals surface area contributed by atoms with Crippen LogP contribution in [-0.2, 0) is 26.0 Å². The molecule has 0 radical (unpaired) electrons. The predicted octanol–water partition coefficient (Wildman–Crippen LogP) is 0.845. The second-order valence-electron chi connectivity index (χ2n) is 4.44. The molecule has 21 heavy (non-hydrogen) atoms. The van der Waals surface area contributed by atoms with Crippen molar-refractivity contribution in [2.75, 3.05) is 0 Å². The molecule has 116 valence electrons. The Labute approximate surface area is 122 Å². The summed E-state index contributed by atoms with van der Waals surface area (Å²) in [5.74, 6) is -2.60. The Balaban J connectivity index is 2.89. The van der Waals surface area contributed by atoms with E-state index in [1.165, 1.54) is 12.1 Å². The lowest BCUT2D eigenvalue weighted by Gasteiger charge is -2.14. The summed E-state index contributed by atoms with van der Waals surface area (Å²) in [4.78, 5) is 21.4. The van der Waals surface area contributed by atoms with E-state index in [4.69, 9.17) is 10.2 Å². The average Bonchev–Trinajstić information content (AvgIpc) is 2.43. The van der Waals surface area contributed by atoms with Gasteiger partial charge in [0.15, 0.2) is 0 Å². The van der Waals surface area contributed by atoms with Crippen LogP contribution in [0.25, 0.3) is 0 Å². The fraction of sp³-hybridized carbons (Fsp3) is 0.385. The molecule has 0 aromatic heterocycles. The molecule has 0 aliphatic heterocycles. The van der Waals surface area contributed by atoms with E-state index in [0.29, 0.717) is 0 Å². The van der Waals surface area contributed by atoms with E-state index in [-0.39, 0.29) is 11.3 Å². The van der Waals surface area contributed by atoms with Crippen molar-refractivity contribution in [2.24, 2.45) is 0 Å². The maximum atomic E-state index is 12.1. The lowest BCUT2D eigenvalue weighted by Crippen LogP contribution is -2.41. The monoisotopic (exact) mass is 315 g/mol. The van der Waals surface area contributed by atoms with E-state index >= 15 is 0 Å². The van der Waals surface area contributed by atoms with E-state index < -0.39 is 34.4 Å².